The average Bonchev–Trinajstić information content (AvgIpc) is 2.75. The number of amides is 1. The van der Waals surface area contributed by atoms with Crippen molar-refractivity contribution in [1.29, 1.82) is 0 Å². The Balaban J connectivity index is 1.62. The van der Waals surface area contributed by atoms with Crippen molar-refractivity contribution in [3.05, 3.63) is 110 Å². The van der Waals surface area contributed by atoms with Crippen LogP contribution in [0.2, 0.25) is 5.02 Å². The van der Waals surface area contributed by atoms with E-state index in [9.17, 15) is 14.4 Å². The molecular formula is C23H18ClN3O3. The number of nitrogens with one attached hydrogen (secondary N) is 1. The summed E-state index contributed by atoms with van der Waals surface area (Å²) in [6.45, 7) is -0.119. The molecule has 0 aliphatic heterocycles. The number of carbonyl (C=O) groups is 1. The molecule has 150 valence electrons. The third kappa shape index (κ3) is 4.04. The lowest BCUT2D eigenvalue weighted by molar-refractivity contribution is -0.116. The molecule has 1 amide bonds. The van der Waals surface area contributed by atoms with Crippen LogP contribution < -0.4 is 16.6 Å². The molecular weight excluding hydrogens is 402 g/mol. The van der Waals surface area contributed by atoms with E-state index < -0.39 is 17.2 Å². The fraction of sp³-hybridized carbons (Fsp3) is 0.0870. The minimum absolute atomic E-state index is 0.117. The molecule has 6 nitrogen and oxygen atoms in total. The number of rotatable bonds is 5. The van der Waals surface area contributed by atoms with Gasteiger partial charge < -0.3 is 5.32 Å². The molecule has 0 radical (unpaired) electrons. The molecule has 3 aromatic carbocycles. The van der Waals surface area contributed by atoms with Crippen molar-refractivity contribution in [3.8, 4) is 0 Å². The number of benzene rings is 3. The first-order valence-corrected chi connectivity index (χ1v) is 9.72. The highest BCUT2D eigenvalue weighted by atomic mass is 35.5. The second-order valence-electron chi connectivity index (χ2n) is 6.82. The van der Waals surface area contributed by atoms with Crippen LogP contribution in [0.5, 0.6) is 0 Å². The Morgan fingerprint density at radius 3 is 2.47 bits per heavy atom. The minimum Gasteiger partial charge on any atom is -0.323 e. The summed E-state index contributed by atoms with van der Waals surface area (Å²) in [6, 6.07) is 21.7. The molecule has 1 aromatic heterocycles. The van der Waals surface area contributed by atoms with Crippen molar-refractivity contribution in [3.63, 3.8) is 0 Å². The Hall–Kier alpha value is -3.64. The van der Waals surface area contributed by atoms with Gasteiger partial charge in [-0.15, -0.1) is 0 Å². The molecule has 7 heteroatoms. The van der Waals surface area contributed by atoms with Crippen LogP contribution in [0.15, 0.2) is 88.6 Å². The van der Waals surface area contributed by atoms with E-state index in [0.717, 1.165) is 20.9 Å². The lowest BCUT2D eigenvalue weighted by atomic mass is 10.0. The molecule has 0 aliphatic rings. The van der Waals surface area contributed by atoms with Crippen LogP contribution in [0.4, 0.5) is 5.69 Å². The summed E-state index contributed by atoms with van der Waals surface area (Å²) < 4.78 is 2.34. The van der Waals surface area contributed by atoms with Gasteiger partial charge in [-0.1, -0.05) is 66.2 Å². The number of carbonyl (C=O) groups excluding carboxylic acids is 1. The molecule has 1 heterocycles. The molecule has 0 fully saturated rings. The van der Waals surface area contributed by atoms with Crippen LogP contribution in [-0.4, -0.2) is 15.0 Å². The predicted molar refractivity (Wildman–Crippen MR) is 118 cm³/mol. The number of aromatic nitrogens is 2. The molecule has 0 aliphatic carbocycles. The van der Waals surface area contributed by atoms with Gasteiger partial charge in [-0.2, -0.15) is 0 Å². The fourth-order valence-corrected chi connectivity index (χ4v) is 3.51. The largest absolute Gasteiger partial charge is 0.331 e. The molecule has 0 bridgehead atoms. The molecule has 0 saturated carbocycles. The summed E-state index contributed by atoms with van der Waals surface area (Å²) in [7, 11) is 0. The SMILES string of the molecule is O=C(Cn1ccc(=O)n(Cc2cccc3ccccc23)c1=O)Nc1ccccc1Cl. The van der Waals surface area contributed by atoms with E-state index in [-0.39, 0.29) is 13.1 Å². The van der Waals surface area contributed by atoms with E-state index >= 15 is 0 Å². The van der Waals surface area contributed by atoms with Crippen molar-refractivity contribution in [2.24, 2.45) is 0 Å². The second kappa shape index (κ2) is 8.39. The van der Waals surface area contributed by atoms with E-state index in [4.69, 9.17) is 11.6 Å². The van der Waals surface area contributed by atoms with Crippen molar-refractivity contribution >= 4 is 34.0 Å². The van der Waals surface area contributed by atoms with Crippen molar-refractivity contribution < 1.29 is 4.79 Å². The van der Waals surface area contributed by atoms with Crippen LogP contribution in [0.3, 0.4) is 0 Å². The topological polar surface area (TPSA) is 73.1 Å². The van der Waals surface area contributed by atoms with Gasteiger partial charge in [0, 0.05) is 12.3 Å². The lowest BCUT2D eigenvalue weighted by Gasteiger charge is -2.12. The maximum atomic E-state index is 12.9. The normalized spacial score (nSPS) is 10.8. The summed E-state index contributed by atoms with van der Waals surface area (Å²) in [5, 5.41) is 5.07. The number of fused-ring (bicyclic) bond motifs is 1. The van der Waals surface area contributed by atoms with Gasteiger partial charge in [0.15, 0.2) is 0 Å². The van der Waals surface area contributed by atoms with E-state index in [2.05, 4.69) is 5.32 Å². The van der Waals surface area contributed by atoms with E-state index in [1.807, 2.05) is 42.5 Å². The number of para-hydroxylation sites is 1. The van der Waals surface area contributed by atoms with Crippen molar-refractivity contribution in [1.82, 2.24) is 9.13 Å². The predicted octanol–water partition coefficient (Wildman–Crippen LogP) is 3.50. The number of hydrogen-bond acceptors (Lipinski definition) is 3. The van der Waals surface area contributed by atoms with Gasteiger partial charge >= 0.3 is 5.69 Å². The smallest absolute Gasteiger partial charge is 0.323 e. The van der Waals surface area contributed by atoms with Gasteiger partial charge in [-0.05, 0) is 28.5 Å². The van der Waals surface area contributed by atoms with Crippen molar-refractivity contribution in [2.45, 2.75) is 13.1 Å². The zero-order valence-electron chi connectivity index (χ0n) is 15.9. The van der Waals surface area contributed by atoms with Gasteiger partial charge in [0.25, 0.3) is 5.56 Å². The van der Waals surface area contributed by atoms with Gasteiger partial charge in [0.2, 0.25) is 5.91 Å². The quantitative estimate of drug-likeness (QED) is 0.538. The first kappa shape index (κ1) is 19.7. The number of hydrogen-bond donors (Lipinski definition) is 1. The Kier molecular flexibility index (Phi) is 5.50. The zero-order chi connectivity index (χ0) is 21.1. The molecule has 4 rings (SSSR count). The van der Waals surface area contributed by atoms with E-state index in [1.54, 1.807) is 24.3 Å². The van der Waals surface area contributed by atoms with Crippen LogP contribution in [0.25, 0.3) is 10.8 Å². The van der Waals surface area contributed by atoms with Crippen LogP contribution in [0, 0.1) is 0 Å². The highest BCUT2D eigenvalue weighted by Gasteiger charge is 2.12. The van der Waals surface area contributed by atoms with Gasteiger partial charge in [0.1, 0.15) is 6.54 Å². The maximum Gasteiger partial charge on any atom is 0.331 e. The first-order chi connectivity index (χ1) is 14.5. The summed E-state index contributed by atoms with van der Waals surface area (Å²) in [5.41, 5.74) is 0.340. The third-order valence-corrected chi connectivity index (χ3v) is 5.14. The summed E-state index contributed by atoms with van der Waals surface area (Å²) in [5.74, 6) is -0.416. The highest BCUT2D eigenvalue weighted by molar-refractivity contribution is 6.33. The second-order valence-corrected chi connectivity index (χ2v) is 7.22. The molecule has 1 N–H and O–H groups in total. The molecule has 0 spiro atoms. The van der Waals surface area contributed by atoms with Gasteiger partial charge in [0.05, 0.1) is 17.3 Å². The number of halogens is 1. The Bertz CT molecular complexity index is 1350. The highest BCUT2D eigenvalue weighted by Crippen LogP contribution is 2.20. The summed E-state index contributed by atoms with van der Waals surface area (Å²) >= 11 is 6.06. The first-order valence-electron chi connectivity index (χ1n) is 9.34. The standard InChI is InChI=1S/C23H18ClN3O3/c24-19-10-3-4-11-20(19)25-21(28)15-26-13-12-22(29)27(23(26)30)14-17-8-5-7-16-6-1-2-9-18(16)17/h1-13H,14-15H2,(H,25,28). The summed E-state index contributed by atoms with van der Waals surface area (Å²) in [4.78, 5) is 37.7. The maximum absolute atomic E-state index is 12.9. The Morgan fingerprint density at radius 2 is 1.63 bits per heavy atom. The number of anilines is 1. The van der Waals surface area contributed by atoms with E-state index in [1.165, 1.54) is 16.8 Å². The molecule has 4 aromatic rings. The minimum atomic E-state index is -0.551. The summed E-state index contributed by atoms with van der Waals surface area (Å²) in [6.07, 6.45) is 1.33. The van der Waals surface area contributed by atoms with Crippen LogP contribution in [0.1, 0.15) is 5.56 Å². The van der Waals surface area contributed by atoms with Crippen LogP contribution in [-0.2, 0) is 17.9 Å². The van der Waals surface area contributed by atoms with Crippen molar-refractivity contribution in [2.75, 3.05) is 5.32 Å². The zero-order valence-corrected chi connectivity index (χ0v) is 16.7. The number of nitrogens with zero attached hydrogens (tertiary/aromatic N) is 2. The molecule has 0 atom stereocenters. The lowest BCUT2D eigenvalue weighted by Crippen LogP contribution is -2.41. The van der Waals surface area contributed by atoms with E-state index in [0.29, 0.717) is 10.7 Å². The monoisotopic (exact) mass is 419 g/mol. The van der Waals surface area contributed by atoms with Gasteiger partial charge in [-0.25, -0.2) is 4.79 Å². The average molecular weight is 420 g/mol. The third-order valence-electron chi connectivity index (χ3n) is 4.81. The Labute approximate surface area is 177 Å². The fourth-order valence-electron chi connectivity index (χ4n) is 3.33. The molecule has 30 heavy (non-hydrogen) atoms. The Morgan fingerprint density at radius 1 is 0.900 bits per heavy atom. The molecule has 0 saturated heterocycles. The molecule has 0 unspecified atom stereocenters. The van der Waals surface area contributed by atoms with Crippen LogP contribution >= 0.6 is 11.6 Å². The van der Waals surface area contributed by atoms with Gasteiger partial charge in [-0.3, -0.25) is 18.7 Å².